The molecule has 48 heavy (non-hydrogen) atoms. The van der Waals surface area contributed by atoms with Crippen LogP contribution in [0.4, 0.5) is 0 Å². The van der Waals surface area contributed by atoms with Crippen LogP contribution in [-0.4, -0.2) is 27.6 Å². The monoisotopic (exact) mass is 666 g/mol. The topological polar surface area (TPSA) is 53.9 Å². The normalized spacial score (nSPS) is 11.8. The highest BCUT2D eigenvalue weighted by Gasteiger charge is 2.29. The molecule has 0 amide bonds. The quantitative estimate of drug-likeness (QED) is 0.0556. The van der Waals surface area contributed by atoms with Gasteiger partial charge in [0.2, 0.25) is 0 Å². The molecule has 2 N–H and O–H groups in total. The lowest BCUT2D eigenvalue weighted by Crippen LogP contribution is -3.00. The summed E-state index contributed by atoms with van der Waals surface area (Å²) < 4.78 is 9.14. The molecule has 0 fully saturated rings. The van der Waals surface area contributed by atoms with Gasteiger partial charge in [-0.25, -0.2) is 14.5 Å². The summed E-state index contributed by atoms with van der Waals surface area (Å²) >= 11 is 0. The van der Waals surface area contributed by atoms with Gasteiger partial charge in [0.1, 0.15) is 26.2 Å². The van der Waals surface area contributed by atoms with Crippen molar-refractivity contribution >= 4 is 12.0 Å². The summed E-state index contributed by atoms with van der Waals surface area (Å²) in [5.74, 6) is 0. The number of unbranched alkanes of at least 4 members (excludes halogenated alkanes) is 5. The first-order chi connectivity index (χ1) is 23.1. The lowest BCUT2D eigenvalue weighted by Gasteiger charge is -2.23. The molecule has 4 aromatic carbocycles. The molecule has 0 bridgehead atoms. The van der Waals surface area contributed by atoms with E-state index in [0.717, 1.165) is 19.3 Å². The van der Waals surface area contributed by atoms with Crippen LogP contribution in [0.5, 0.6) is 0 Å². The summed E-state index contributed by atoms with van der Waals surface area (Å²) in [6, 6.07) is 43.5. The van der Waals surface area contributed by atoms with E-state index in [1.54, 1.807) is 0 Å². The minimum atomic E-state index is 0. The van der Waals surface area contributed by atoms with Crippen LogP contribution in [0.25, 0.3) is 0 Å². The molecule has 4 aromatic rings. The summed E-state index contributed by atoms with van der Waals surface area (Å²) in [6.07, 6.45) is 10.5. The Kier molecular flexibility index (Phi) is 18.0. The second kappa shape index (κ2) is 22.5. The molecule has 256 valence electrons. The second-order valence-corrected chi connectivity index (χ2v) is 12.5. The van der Waals surface area contributed by atoms with Crippen LogP contribution in [0.1, 0.15) is 93.9 Å². The summed E-state index contributed by atoms with van der Waals surface area (Å²) in [7, 11) is 0. The summed E-state index contributed by atoms with van der Waals surface area (Å²) in [5.41, 5.74) is 11.6. The number of ether oxygens (including phenoxy) is 1. The zero-order valence-corrected chi connectivity index (χ0v) is 29.8. The van der Waals surface area contributed by atoms with Crippen LogP contribution in [0, 0.1) is 0 Å². The van der Waals surface area contributed by atoms with Crippen molar-refractivity contribution in [2.75, 3.05) is 0 Å². The van der Waals surface area contributed by atoms with Gasteiger partial charge in [0.05, 0.1) is 6.04 Å². The Morgan fingerprint density at radius 3 is 1.44 bits per heavy atom. The molecule has 6 heteroatoms. The lowest BCUT2D eigenvalue weighted by atomic mass is 10.0. The van der Waals surface area contributed by atoms with Crippen LogP contribution >= 0.6 is 0 Å². The van der Waals surface area contributed by atoms with Crippen molar-refractivity contribution < 1.29 is 21.7 Å². The molecule has 0 aliphatic heterocycles. The third-order valence-electron chi connectivity index (χ3n) is 8.44. The minimum Gasteiger partial charge on any atom is -1.00 e. The molecule has 5 nitrogen and oxygen atoms in total. The Hall–Kier alpha value is -4.09. The first kappa shape index (κ1) is 38.4. The van der Waals surface area contributed by atoms with Gasteiger partial charge in [-0.3, -0.25) is 0 Å². The van der Waals surface area contributed by atoms with Crippen molar-refractivity contribution in [3.63, 3.8) is 0 Å². The minimum absolute atomic E-state index is 0. The van der Waals surface area contributed by atoms with Crippen LogP contribution in [0.3, 0.4) is 0 Å². The molecular weight excluding hydrogens is 612 g/mol. The molecule has 0 saturated carbocycles. The zero-order valence-electron chi connectivity index (χ0n) is 29.0. The van der Waals surface area contributed by atoms with E-state index < -0.39 is 0 Å². The predicted molar refractivity (Wildman–Crippen MR) is 197 cm³/mol. The fourth-order valence-corrected chi connectivity index (χ4v) is 5.94. The smallest absolute Gasteiger partial charge is 0.455 e. The number of rotatable bonds is 18. The zero-order chi connectivity index (χ0) is 32.9. The van der Waals surface area contributed by atoms with Gasteiger partial charge >= 0.3 is 6.02 Å². The van der Waals surface area contributed by atoms with Crippen LogP contribution < -0.4 is 18.1 Å². The molecule has 1 unspecified atom stereocenters. The summed E-state index contributed by atoms with van der Waals surface area (Å²) in [4.78, 5) is 7.39. The van der Waals surface area contributed by atoms with Crippen molar-refractivity contribution in [2.45, 2.75) is 104 Å². The molecule has 4 rings (SSSR count). The van der Waals surface area contributed by atoms with Gasteiger partial charge in [0, 0.05) is 0 Å². The number of nitrogens with zero attached hydrogens (tertiary/aromatic N) is 3. The second-order valence-electron chi connectivity index (χ2n) is 12.5. The molecule has 1 atom stereocenters. The number of hydrogen-bond donors (Lipinski definition) is 1. The summed E-state index contributed by atoms with van der Waals surface area (Å²) in [6.45, 7) is 7.16. The Bertz CT molecular complexity index is 1380. The largest absolute Gasteiger partial charge is 1.00 e. The van der Waals surface area contributed by atoms with Gasteiger partial charge in [-0.05, 0) is 35.1 Å². The van der Waals surface area contributed by atoms with E-state index in [1.807, 2.05) is 0 Å². The molecule has 0 saturated heterocycles. The number of nitrogens with two attached hydrogens (primary N) is 1. The van der Waals surface area contributed by atoms with E-state index in [0.29, 0.717) is 32.2 Å². The molecule has 0 aliphatic carbocycles. The third kappa shape index (κ3) is 13.9. The van der Waals surface area contributed by atoms with E-state index in [2.05, 4.69) is 145 Å². The van der Waals surface area contributed by atoms with Crippen molar-refractivity contribution in [1.29, 1.82) is 0 Å². The maximum Gasteiger partial charge on any atom is 0.455 e. The van der Waals surface area contributed by atoms with Gasteiger partial charge in [-0.1, -0.05) is 180 Å². The fraction of sp³-hybridized carbons (Fsp3) is 0.381. The van der Waals surface area contributed by atoms with E-state index in [-0.39, 0.29) is 24.5 Å². The van der Waals surface area contributed by atoms with Crippen molar-refractivity contribution in [2.24, 2.45) is 10.7 Å². The van der Waals surface area contributed by atoms with E-state index in [9.17, 15) is 0 Å². The highest BCUT2D eigenvalue weighted by atomic mass is 35.5. The Labute approximate surface area is 296 Å². The molecule has 0 radical (unpaired) electrons. The van der Waals surface area contributed by atoms with Gasteiger partial charge in [-0.2, -0.15) is 0 Å². The van der Waals surface area contributed by atoms with Crippen molar-refractivity contribution in [1.82, 2.24) is 4.90 Å². The van der Waals surface area contributed by atoms with Crippen LogP contribution in [0.2, 0.25) is 0 Å². The number of benzene rings is 4. The first-order valence-electron chi connectivity index (χ1n) is 17.7. The van der Waals surface area contributed by atoms with Gasteiger partial charge in [0.15, 0.2) is 0 Å². The van der Waals surface area contributed by atoms with Crippen LogP contribution in [-0.2, 0) is 30.9 Å². The Morgan fingerprint density at radius 1 is 0.604 bits per heavy atom. The highest BCUT2D eigenvalue weighted by Crippen LogP contribution is 2.18. The van der Waals surface area contributed by atoms with Gasteiger partial charge < -0.3 is 22.9 Å². The maximum atomic E-state index is 6.82. The third-order valence-corrected chi connectivity index (χ3v) is 8.44. The van der Waals surface area contributed by atoms with Gasteiger partial charge in [0.25, 0.3) is 6.02 Å². The number of hydrogen-bond acceptors (Lipinski definition) is 2. The average molecular weight is 667 g/mol. The van der Waals surface area contributed by atoms with E-state index in [4.69, 9.17) is 15.5 Å². The highest BCUT2D eigenvalue weighted by molar-refractivity contribution is 5.86. The standard InChI is InChI=1S/C42H55N4O.ClH/c1-3-5-7-21-31-40(30-12-6-4-2)44-41(43)47-42(45(32-36-22-13-8-14-23-36)33-37-24-15-9-16-25-37)46(34-38-26-17-10-18-27-38)35-39-28-19-11-20-29-39;/h8-11,13-20,22-29,40H,3-7,12,21,30-35H2,1-2H3,(H2,43,44);1H/q+1;/p-1. The molecule has 0 aliphatic rings. The van der Waals surface area contributed by atoms with E-state index in [1.165, 1.54) is 60.8 Å². The number of halogens is 1. The maximum absolute atomic E-state index is 6.82. The van der Waals surface area contributed by atoms with Gasteiger partial charge in [-0.15, -0.1) is 0 Å². The fourth-order valence-electron chi connectivity index (χ4n) is 5.94. The van der Waals surface area contributed by atoms with Crippen LogP contribution in [0.15, 0.2) is 126 Å². The average Bonchev–Trinajstić information content (AvgIpc) is 3.10. The lowest BCUT2D eigenvalue weighted by molar-refractivity contribution is -0.572. The molecule has 0 spiro atoms. The Morgan fingerprint density at radius 2 is 1.00 bits per heavy atom. The predicted octanol–water partition coefficient (Wildman–Crippen LogP) is 6.71. The number of aliphatic imine (C=N–C) groups is 1. The Balaban J connectivity index is 0.00000625. The number of amidine groups is 2. The first-order valence-corrected chi connectivity index (χ1v) is 17.7. The molecular formula is C42H55ClN4O. The van der Waals surface area contributed by atoms with E-state index >= 15 is 0 Å². The summed E-state index contributed by atoms with van der Waals surface area (Å²) in [5, 5.41) is 0. The SMILES string of the molecule is CCCCCCC(CCCCC)N=C(N)OC(N(Cc1ccccc1)Cc1ccccc1)=[N+](Cc1ccccc1)Cc1ccccc1.[Cl-]. The molecule has 0 heterocycles. The van der Waals surface area contributed by atoms with Crippen molar-refractivity contribution in [3.8, 4) is 0 Å². The van der Waals surface area contributed by atoms with Crippen molar-refractivity contribution in [3.05, 3.63) is 144 Å². The molecule has 0 aromatic heterocycles.